The molecule has 0 fully saturated rings. The van der Waals surface area contributed by atoms with Gasteiger partial charge in [0, 0.05) is 23.6 Å². The number of halogens is 1. The maximum Gasteiger partial charge on any atom is 0.268 e. The predicted molar refractivity (Wildman–Crippen MR) is 97.0 cm³/mol. The highest BCUT2D eigenvalue weighted by Gasteiger charge is 2.13. The lowest BCUT2D eigenvalue weighted by Gasteiger charge is -1.99. The number of nitrogens with zero attached hydrogens (tertiary/aromatic N) is 2. The van der Waals surface area contributed by atoms with Crippen molar-refractivity contribution in [3.8, 4) is 6.07 Å². The summed E-state index contributed by atoms with van der Waals surface area (Å²) in [7, 11) is 0. The summed E-state index contributed by atoms with van der Waals surface area (Å²) in [5.41, 5.74) is 0.869. The van der Waals surface area contributed by atoms with Gasteiger partial charge in [-0.05, 0) is 36.8 Å². The smallest absolute Gasteiger partial charge is 0.268 e. The summed E-state index contributed by atoms with van der Waals surface area (Å²) >= 11 is 1.30. The number of benzene rings is 1. The van der Waals surface area contributed by atoms with Crippen molar-refractivity contribution in [2.75, 3.05) is 5.32 Å². The van der Waals surface area contributed by atoms with Crippen LogP contribution < -0.4 is 5.32 Å². The van der Waals surface area contributed by atoms with Crippen LogP contribution >= 0.6 is 11.3 Å². The van der Waals surface area contributed by atoms with E-state index in [9.17, 15) is 14.4 Å². The molecule has 1 amide bonds. The highest BCUT2D eigenvalue weighted by atomic mass is 32.1. The molecule has 0 atom stereocenters. The molecule has 0 aliphatic carbocycles. The van der Waals surface area contributed by atoms with E-state index >= 15 is 0 Å². The number of hydrogen-bond donors (Lipinski definition) is 1. The van der Waals surface area contributed by atoms with E-state index in [1.165, 1.54) is 29.5 Å². The number of carbonyl (C=O) groups excluding carboxylic acids is 1. The van der Waals surface area contributed by atoms with Crippen LogP contribution in [-0.2, 0) is 11.2 Å². The molecule has 1 aromatic carbocycles. The summed E-state index contributed by atoms with van der Waals surface area (Å²) in [6.45, 7) is 1.78. The number of hydrogen-bond acceptors (Lipinski definition) is 5. The van der Waals surface area contributed by atoms with Gasteiger partial charge >= 0.3 is 0 Å². The van der Waals surface area contributed by atoms with Crippen LogP contribution in [0.25, 0.3) is 6.08 Å². The van der Waals surface area contributed by atoms with Crippen molar-refractivity contribution in [3.63, 3.8) is 0 Å². The Balaban J connectivity index is 1.67. The topological polar surface area (TPSA) is 78.9 Å². The van der Waals surface area contributed by atoms with Crippen LogP contribution in [0.1, 0.15) is 22.0 Å². The predicted octanol–water partition coefficient (Wildman–Crippen LogP) is 4.32. The Bertz CT molecular complexity index is 996. The first kappa shape index (κ1) is 17.6. The second kappa shape index (κ2) is 7.76. The Morgan fingerprint density at radius 1 is 1.35 bits per heavy atom. The monoisotopic (exact) mass is 367 g/mol. The number of nitrogens with one attached hydrogen (secondary N) is 1. The number of carbonyl (C=O) groups is 1. The minimum absolute atomic E-state index is 0.0744. The largest absolute Gasteiger partial charge is 0.462 e. The summed E-state index contributed by atoms with van der Waals surface area (Å²) in [6.07, 6.45) is 3.62. The molecule has 0 bridgehead atoms. The zero-order chi connectivity index (χ0) is 18.5. The molecule has 0 radical (unpaired) electrons. The number of thiazole rings is 1. The van der Waals surface area contributed by atoms with Gasteiger partial charge in [-0.15, -0.1) is 11.3 Å². The quantitative estimate of drug-likeness (QED) is 0.538. The Hall–Kier alpha value is -3.24. The van der Waals surface area contributed by atoms with Gasteiger partial charge in [0.1, 0.15) is 29.0 Å². The zero-order valence-corrected chi connectivity index (χ0v) is 14.6. The summed E-state index contributed by atoms with van der Waals surface area (Å²) in [5.74, 6) is 0.294. The number of rotatable bonds is 5. The van der Waals surface area contributed by atoms with E-state index < -0.39 is 5.91 Å². The normalized spacial score (nSPS) is 11.2. The third kappa shape index (κ3) is 4.43. The minimum atomic E-state index is -0.552. The fraction of sp³-hybridized carbons (Fsp3) is 0.105. The Kier molecular flexibility index (Phi) is 5.25. The van der Waals surface area contributed by atoms with Crippen LogP contribution in [0.3, 0.4) is 0 Å². The summed E-state index contributed by atoms with van der Waals surface area (Å²) in [6, 6.07) is 11.5. The molecule has 0 unspecified atom stereocenters. The zero-order valence-electron chi connectivity index (χ0n) is 13.8. The van der Waals surface area contributed by atoms with E-state index in [1.807, 2.05) is 6.07 Å². The highest BCUT2D eigenvalue weighted by Crippen LogP contribution is 2.22. The van der Waals surface area contributed by atoms with Gasteiger partial charge in [0.25, 0.3) is 5.91 Å². The van der Waals surface area contributed by atoms with Crippen LogP contribution in [0.4, 0.5) is 9.52 Å². The SMILES string of the molecule is Cc1ccc(C=C(C#N)C(=O)Nc2ncc(Cc3ccc(F)cc3)s2)o1. The molecule has 0 saturated carbocycles. The highest BCUT2D eigenvalue weighted by molar-refractivity contribution is 7.15. The molecule has 2 aromatic heterocycles. The standard InChI is InChI=1S/C19H14FN3O2S/c1-12-2-7-16(25-12)9-14(10-21)18(24)23-19-22-11-17(26-19)8-13-3-5-15(20)6-4-13/h2-7,9,11H,8H2,1H3,(H,22,23,24). The number of anilines is 1. The number of aryl methyl sites for hydroxylation is 1. The lowest BCUT2D eigenvalue weighted by Crippen LogP contribution is -2.13. The van der Waals surface area contributed by atoms with Crippen molar-refractivity contribution in [2.45, 2.75) is 13.3 Å². The Labute approximate surface area is 153 Å². The Morgan fingerprint density at radius 2 is 2.12 bits per heavy atom. The van der Waals surface area contributed by atoms with Crippen molar-refractivity contribution in [2.24, 2.45) is 0 Å². The molecule has 130 valence electrons. The molecule has 2 heterocycles. The maximum absolute atomic E-state index is 12.9. The van der Waals surface area contributed by atoms with Gasteiger partial charge in [-0.3, -0.25) is 10.1 Å². The van der Waals surface area contributed by atoms with Crippen molar-refractivity contribution in [3.05, 3.63) is 75.9 Å². The molecule has 0 spiro atoms. The Morgan fingerprint density at radius 3 is 2.77 bits per heavy atom. The second-order valence-electron chi connectivity index (χ2n) is 5.51. The molecule has 1 N–H and O–H groups in total. The van der Waals surface area contributed by atoms with Crippen molar-refractivity contribution >= 4 is 28.5 Å². The fourth-order valence-corrected chi connectivity index (χ4v) is 3.08. The van der Waals surface area contributed by atoms with Crippen LogP contribution in [0, 0.1) is 24.1 Å². The molecule has 26 heavy (non-hydrogen) atoms. The van der Waals surface area contributed by atoms with Crippen LogP contribution in [0.15, 0.2) is 52.6 Å². The average molecular weight is 367 g/mol. The average Bonchev–Trinajstić information content (AvgIpc) is 3.23. The minimum Gasteiger partial charge on any atom is -0.462 e. The first-order chi connectivity index (χ1) is 12.5. The molecular weight excluding hydrogens is 353 g/mol. The molecule has 0 saturated heterocycles. The first-order valence-corrected chi connectivity index (χ1v) is 8.54. The van der Waals surface area contributed by atoms with Crippen LogP contribution in [-0.4, -0.2) is 10.9 Å². The molecular formula is C19H14FN3O2S. The van der Waals surface area contributed by atoms with Gasteiger partial charge in [0.15, 0.2) is 5.13 Å². The molecule has 3 aromatic rings. The van der Waals surface area contributed by atoms with E-state index in [2.05, 4.69) is 10.3 Å². The van der Waals surface area contributed by atoms with Crippen LogP contribution in [0.2, 0.25) is 0 Å². The lowest BCUT2D eigenvalue weighted by atomic mass is 10.1. The summed E-state index contributed by atoms with van der Waals surface area (Å²) in [4.78, 5) is 17.3. The first-order valence-electron chi connectivity index (χ1n) is 7.72. The molecule has 0 aliphatic rings. The summed E-state index contributed by atoms with van der Waals surface area (Å²) < 4.78 is 18.3. The number of nitriles is 1. The van der Waals surface area contributed by atoms with Gasteiger partial charge in [0.2, 0.25) is 0 Å². The van der Waals surface area contributed by atoms with Crippen molar-refractivity contribution in [1.29, 1.82) is 5.26 Å². The van der Waals surface area contributed by atoms with E-state index in [1.54, 1.807) is 37.4 Å². The maximum atomic E-state index is 12.9. The van der Waals surface area contributed by atoms with Gasteiger partial charge in [0.05, 0.1) is 0 Å². The number of furan rings is 1. The lowest BCUT2D eigenvalue weighted by molar-refractivity contribution is -0.112. The molecule has 5 nitrogen and oxygen atoms in total. The van der Waals surface area contributed by atoms with Crippen molar-refractivity contribution in [1.82, 2.24) is 4.98 Å². The van der Waals surface area contributed by atoms with Gasteiger partial charge in [-0.25, -0.2) is 9.37 Å². The van der Waals surface area contributed by atoms with Gasteiger partial charge in [-0.2, -0.15) is 5.26 Å². The third-order valence-corrected chi connectivity index (χ3v) is 4.39. The summed E-state index contributed by atoms with van der Waals surface area (Å²) in [5, 5.41) is 12.2. The van der Waals surface area contributed by atoms with E-state index in [4.69, 9.17) is 4.42 Å². The fourth-order valence-electron chi connectivity index (χ4n) is 2.24. The molecule has 7 heteroatoms. The molecule has 3 rings (SSSR count). The van der Waals surface area contributed by atoms with Gasteiger partial charge in [-0.1, -0.05) is 12.1 Å². The second-order valence-corrected chi connectivity index (χ2v) is 6.62. The van der Waals surface area contributed by atoms with Gasteiger partial charge < -0.3 is 4.42 Å². The van der Waals surface area contributed by atoms with E-state index in [-0.39, 0.29) is 11.4 Å². The number of amides is 1. The molecule has 0 aliphatic heterocycles. The van der Waals surface area contributed by atoms with E-state index in [0.29, 0.717) is 23.1 Å². The van der Waals surface area contributed by atoms with E-state index in [0.717, 1.165) is 10.4 Å². The van der Waals surface area contributed by atoms with Crippen molar-refractivity contribution < 1.29 is 13.6 Å². The third-order valence-electron chi connectivity index (χ3n) is 3.48. The number of aromatic nitrogens is 1. The van der Waals surface area contributed by atoms with Crippen LogP contribution in [0.5, 0.6) is 0 Å².